The molecule has 0 amide bonds. The highest BCUT2D eigenvalue weighted by atomic mass is 15.0. The van der Waals surface area contributed by atoms with E-state index in [2.05, 4.69) is 127 Å². The van der Waals surface area contributed by atoms with Crippen molar-refractivity contribution >= 4 is 11.3 Å². The first kappa shape index (κ1) is 18.0. The maximum Gasteiger partial charge on any atom is 0.0558 e. The molecule has 4 aromatic carbocycles. The molecule has 148 valence electrons. The summed E-state index contributed by atoms with van der Waals surface area (Å²) in [5.74, 6) is 0.300. The Morgan fingerprint density at radius 2 is 1.19 bits per heavy atom. The van der Waals surface area contributed by atoms with E-state index in [9.17, 15) is 0 Å². The minimum Gasteiger partial charge on any atom is -0.377 e. The van der Waals surface area contributed by atoms with Gasteiger partial charge in [0.15, 0.2) is 0 Å². The van der Waals surface area contributed by atoms with Crippen LogP contribution in [0.5, 0.6) is 0 Å². The molecule has 6 rings (SSSR count). The van der Waals surface area contributed by atoms with E-state index >= 15 is 0 Å². The van der Waals surface area contributed by atoms with Gasteiger partial charge >= 0.3 is 0 Å². The van der Waals surface area contributed by atoms with E-state index < -0.39 is 0 Å². The average molecular weight is 398 g/mol. The molecule has 1 N–H and O–H groups in total. The molecule has 2 atom stereocenters. The Kier molecular flexibility index (Phi) is 4.32. The van der Waals surface area contributed by atoms with Crippen molar-refractivity contribution in [1.29, 1.82) is 0 Å². The van der Waals surface area contributed by atoms with E-state index in [-0.39, 0.29) is 6.04 Å². The molecule has 4 aromatic rings. The van der Waals surface area contributed by atoms with Crippen molar-refractivity contribution in [2.24, 2.45) is 0 Å². The van der Waals surface area contributed by atoms with Gasteiger partial charge in [-0.05, 0) is 45.5 Å². The number of allylic oxidation sites excluding steroid dienone is 2. The van der Waals surface area contributed by atoms with E-state index in [0.717, 1.165) is 0 Å². The fourth-order valence-electron chi connectivity index (χ4n) is 4.97. The number of benzene rings is 4. The van der Waals surface area contributed by atoms with Crippen LogP contribution in [0.1, 0.15) is 17.0 Å². The second-order valence-electron chi connectivity index (χ2n) is 8.24. The third kappa shape index (κ3) is 3.10. The highest BCUT2D eigenvalue weighted by Gasteiger charge is 2.37. The van der Waals surface area contributed by atoms with Gasteiger partial charge in [-0.25, -0.2) is 0 Å². The Labute approximate surface area is 183 Å². The van der Waals surface area contributed by atoms with Crippen LogP contribution < -0.4 is 5.32 Å². The van der Waals surface area contributed by atoms with Gasteiger partial charge < -0.3 is 5.32 Å². The molecule has 1 aliphatic heterocycles. The number of hydrogen-bond acceptors (Lipinski definition) is 1. The van der Waals surface area contributed by atoms with Crippen LogP contribution in [0, 0.1) is 0 Å². The van der Waals surface area contributed by atoms with Crippen LogP contribution in [-0.2, 0) is 0 Å². The first-order chi connectivity index (χ1) is 15.4. The fraction of sp³-hybridized carbons (Fsp3) is 0.0667. The van der Waals surface area contributed by atoms with Crippen molar-refractivity contribution in [3.8, 4) is 22.3 Å². The second kappa shape index (κ2) is 7.45. The molecule has 1 aliphatic carbocycles. The first-order valence-electron chi connectivity index (χ1n) is 10.9. The predicted octanol–water partition coefficient (Wildman–Crippen LogP) is 7.55. The third-order valence-electron chi connectivity index (χ3n) is 6.40. The fourth-order valence-corrected chi connectivity index (χ4v) is 4.97. The van der Waals surface area contributed by atoms with Gasteiger partial charge in [0.1, 0.15) is 0 Å². The van der Waals surface area contributed by atoms with Crippen LogP contribution in [0.15, 0.2) is 121 Å². The van der Waals surface area contributed by atoms with E-state index in [0.29, 0.717) is 5.92 Å². The molecule has 1 nitrogen and oxygen atoms in total. The van der Waals surface area contributed by atoms with E-state index in [1.165, 1.54) is 44.6 Å². The summed E-state index contributed by atoms with van der Waals surface area (Å²) < 4.78 is 0. The lowest BCUT2D eigenvalue weighted by Crippen LogP contribution is -2.20. The van der Waals surface area contributed by atoms with Crippen LogP contribution in [0.3, 0.4) is 0 Å². The lowest BCUT2D eigenvalue weighted by molar-refractivity contribution is 0.823. The monoisotopic (exact) mass is 397 g/mol. The molecule has 0 radical (unpaired) electrons. The van der Waals surface area contributed by atoms with Crippen LogP contribution in [-0.4, -0.2) is 6.04 Å². The Morgan fingerprint density at radius 1 is 0.581 bits per heavy atom. The maximum absolute atomic E-state index is 3.85. The molecule has 0 spiro atoms. The molecule has 2 aliphatic rings. The zero-order valence-electron chi connectivity index (χ0n) is 17.2. The van der Waals surface area contributed by atoms with Crippen LogP contribution in [0.2, 0.25) is 0 Å². The molecule has 0 aromatic heterocycles. The summed E-state index contributed by atoms with van der Waals surface area (Å²) in [5.41, 5.74) is 10.3. The predicted molar refractivity (Wildman–Crippen MR) is 131 cm³/mol. The summed E-state index contributed by atoms with van der Waals surface area (Å²) in [6.45, 7) is 0. The molecule has 2 unspecified atom stereocenters. The molecule has 0 fully saturated rings. The van der Waals surface area contributed by atoms with Gasteiger partial charge in [0.2, 0.25) is 0 Å². The molecular weight excluding hydrogens is 374 g/mol. The zero-order chi connectivity index (χ0) is 20.6. The molecule has 1 heterocycles. The van der Waals surface area contributed by atoms with E-state index in [1.807, 2.05) is 0 Å². The summed E-state index contributed by atoms with van der Waals surface area (Å²) in [5, 5.41) is 3.85. The number of fused-ring (bicyclic) bond motifs is 3. The standard InChI is InChI=1S/C30H23N/c1-4-11-21(12-5-1)24-19-26(23-15-8-3-9-16-23)30-27(20-24)29-25(17-10-18-28(29)31-30)22-13-6-2-7-14-22/h1-20,28-29,31H. The molecule has 0 bridgehead atoms. The van der Waals surface area contributed by atoms with Crippen molar-refractivity contribution < 1.29 is 0 Å². The lowest BCUT2D eigenvalue weighted by Gasteiger charge is -2.24. The molecule has 31 heavy (non-hydrogen) atoms. The summed E-state index contributed by atoms with van der Waals surface area (Å²) in [7, 11) is 0. The third-order valence-corrected chi connectivity index (χ3v) is 6.40. The molecule has 0 saturated carbocycles. The number of nitrogens with one attached hydrogen (secondary N) is 1. The average Bonchev–Trinajstić information content (AvgIpc) is 3.24. The van der Waals surface area contributed by atoms with Gasteiger partial charge in [-0.2, -0.15) is 0 Å². The minimum atomic E-state index is 0.267. The quantitative estimate of drug-likeness (QED) is 0.376. The second-order valence-corrected chi connectivity index (χ2v) is 8.24. The summed E-state index contributed by atoms with van der Waals surface area (Å²) in [6.07, 6.45) is 6.78. The van der Waals surface area contributed by atoms with Gasteiger partial charge in [-0.15, -0.1) is 0 Å². The number of anilines is 1. The van der Waals surface area contributed by atoms with Crippen LogP contribution in [0.25, 0.3) is 27.8 Å². The van der Waals surface area contributed by atoms with Crippen LogP contribution >= 0.6 is 0 Å². The highest BCUT2D eigenvalue weighted by molar-refractivity contribution is 5.92. The summed E-state index contributed by atoms with van der Waals surface area (Å²) in [4.78, 5) is 0. The largest absolute Gasteiger partial charge is 0.377 e. The smallest absolute Gasteiger partial charge is 0.0558 e. The van der Waals surface area contributed by atoms with Crippen molar-refractivity contribution in [2.45, 2.75) is 12.0 Å². The van der Waals surface area contributed by atoms with Gasteiger partial charge in [-0.3, -0.25) is 0 Å². The normalized spacial score (nSPS) is 18.6. The lowest BCUT2D eigenvalue weighted by atomic mass is 9.79. The van der Waals surface area contributed by atoms with E-state index in [1.54, 1.807) is 0 Å². The van der Waals surface area contributed by atoms with Crippen molar-refractivity contribution in [1.82, 2.24) is 0 Å². The van der Waals surface area contributed by atoms with E-state index in [4.69, 9.17) is 0 Å². The minimum absolute atomic E-state index is 0.267. The molecule has 1 heteroatoms. The summed E-state index contributed by atoms with van der Waals surface area (Å²) >= 11 is 0. The Balaban J connectivity index is 1.58. The van der Waals surface area contributed by atoms with Crippen molar-refractivity contribution in [2.75, 3.05) is 5.32 Å². The Hall–Kier alpha value is -3.84. The SMILES string of the molecule is C1=CC2Nc3c(-c4ccccc4)cc(-c4ccccc4)cc3C2C(c2ccccc2)=C1. The van der Waals surface area contributed by atoms with Gasteiger partial charge in [0.05, 0.1) is 6.04 Å². The molecular formula is C30H23N. The molecule has 0 saturated heterocycles. The maximum atomic E-state index is 3.85. The Bertz CT molecular complexity index is 1280. The highest BCUT2D eigenvalue weighted by Crippen LogP contribution is 2.51. The van der Waals surface area contributed by atoms with Crippen LogP contribution in [0.4, 0.5) is 5.69 Å². The van der Waals surface area contributed by atoms with Crippen molar-refractivity contribution in [3.63, 3.8) is 0 Å². The number of hydrogen-bond donors (Lipinski definition) is 1. The van der Waals surface area contributed by atoms with Crippen molar-refractivity contribution in [3.05, 3.63) is 132 Å². The summed E-state index contributed by atoms with van der Waals surface area (Å²) in [6, 6.07) is 37.2. The first-order valence-corrected chi connectivity index (χ1v) is 10.9. The number of rotatable bonds is 3. The Morgan fingerprint density at radius 3 is 1.87 bits per heavy atom. The van der Waals surface area contributed by atoms with Gasteiger partial charge in [-0.1, -0.05) is 109 Å². The van der Waals surface area contributed by atoms with Gasteiger partial charge in [0.25, 0.3) is 0 Å². The van der Waals surface area contributed by atoms with Gasteiger partial charge in [0, 0.05) is 17.2 Å². The topological polar surface area (TPSA) is 12.0 Å². The zero-order valence-corrected chi connectivity index (χ0v) is 17.2.